The fraction of sp³-hybridized carbons (Fsp3) is 0.333. The second-order valence-corrected chi connectivity index (χ2v) is 4.88. The maximum atomic E-state index is 11.8. The zero-order valence-corrected chi connectivity index (χ0v) is 12.2. The monoisotopic (exact) mass is 288 g/mol. The normalized spacial score (nSPS) is 10.4. The largest absolute Gasteiger partial charge is 0.392 e. The minimum Gasteiger partial charge on any atom is -0.392 e. The van der Waals surface area contributed by atoms with Crippen LogP contribution in [0.2, 0.25) is 0 Å². The van der Waals surface area contributed by atoms with Crippen LogP contribution in [-0.4, -0.2) is 21.3 Å². The van der Waals surface area contributed by atoms with Gasteiger partial charge in [0.1, 0.15) is 0 Å². The lowest BCUT2D eigenvalue weighted by molar-refractivity contribution is 0.239. The number of aliphatic hydroxyl groups excluding tert-OH is 1. The van der Waals surface area contributed by atoms with E-state index in [0.717, 1.165) is 28.1 Å². The van der Waals surface area contributed by atoms with Gasteiger partial charge in [0.25, 0.3) is 0 Å². The molecule has 6 heteroatoms. The number of hydrogen-bond acceptors (Lipinski definition) is 3. The van der Waals surface area contributed by atoms with Crippen LogP contribution in [0.25, 0.3) is 0 Å². The van der Waals surface area contributed by atoms with Crippen LogP contribution in [0.3, 0.4) is 0 Å². The summed E-state index contributed by atoms with van der Waals surface area (Å²) in [5, 5.41) is 21.8. The lowest BCUT2D eigenvalue weighted by Gasteiger charge is -2.10. The molecular formula is C15H20N4O2. The van der Waals surface area contributed by atoms with E-state index < -0.39 is 0 Å². The Bertz CT molecular complexity index is 602. The molecule has 0 aliphatic rings. The van der Waals surface area contributed by atoms with Gasteiger partial charge in [0.15, 0.2) is 0 Å². The summed E-state index contributed by atoms with van der Waals surface area (Å²) in [6.45, 7) is 4.60. The number of aromatic amines is 1. The number of aliphatic hydroxyl groups is 1. The van der Waals surface area contributed by atoms with E-state index in [1.165, 1.54) is 0 Å². The number of rotatable bonds is 5. The number of aryl methyl sites for hydroxylation is 2. The minimum absolute atomic E-state index is 0.0348. The predicted molar refractivity (Wildman–Crippen MR) is 79.5 cm³/mol. The van der Waals surface area contributed by atoms with Crippen molar-refractivity contribution in [2.75, 3.05) is 0 Å². The standard InChI is InChI=1S/C15H20N4O2/c1-10-14(11(2)19-18-10)8-17-15(21)16-7-12-5-3-4-6-13(12)9-20/h3-6,20H,7-9H2,1-2H3,(H,18,19)(H2,16,17,21). The topological polar surface area (TPSA) is 90.0 Å². The summed E-state index contributed by atoms with van der Waals surface area (Å²) in [5.74, 6) is 0. The molecule has 0 saturated carbocycles. The summed E-state index contributed by atoms with van der Waals surface area (Å²) in [6, 6.07) is 7.22. The summed E-state index contributed by atoms with van der Waals surface area (Å²) in [4.78, 5) is 11.8. The molecule has 0 fully saturated rings. The van der Waals surface area contributed by atoms with Crippen LogP contribution < -0.4 is 10.6 Å². The van der Waals surface area contributed by atoms with Gasteiger partial charge in [-0.15, -0.1) is 0 Å². The van der Waals surface area contributed by atoms with Crippen LogP contribution in [-0.2, 0) is 19.7 Å². The first-order chi connectivity index (χ1) is 10.1. The third-order valence-corrected chi connectivity index (χ3v) is 3.43. The van der Waals surface area contributed by atoms with Gasteiger partial charge in [-0.1, -0.05) is 24.3 Å². The number of nitrogens with one attached hydrogen (secondary N) is 3. The molecule has 0 atom stereocenters. The zero-order valence-electron chi connectivity index (χ0n) is 12.2. The Labute approximate surface area is 123 Å². The summed E-state index contributed by atoms with van der Waals surface area (Å²) < 4.78 is 0. The molecule has 0 aliphatic heterocycles. The Morgan fingerprint density at radius 1 is 1.19 bits per heavy atom. The third-order valence-electron chi connectivity index (χ3n) is 3.43. The fourth-order valence-electron chi connectivity index (χ4n) is 2.13. The highest BCUT2D eigenvalue weighted by atomic mass is 16.3. The third kappa shape index (κ3) is 3.82. The summed E-state index contributed by atoms with van der Waals surface area (Å²) in [5.41, 5.74) is 4.57. The first-order valence-corrected chi connectivity index (χ1v) is 6.81. The molecule has 1 heterocycles. The van der Waals surface area contributed by atoms with Crippen molar-refractivity contribution in [3.05, 3.63) is 52.3 Å². The van der Waals surface area contributed by atoms with Gasteiger partial charge < -0.3 is 15.7 Å². The highest BCUT2D eigenvalue weighted by Crippen LogP contribution is 2.09. The molecule has 1 aromatic carbocycles. The van der Waals surface area contributed by atoms with E-state index in [2.05, 4.69) is 20.8 Å². The second kappa shape index (κ2) is 6.90. The molecule has 2 rings (SSSR count). The Balaban J connectivity index is 1.85. The predicted octanol–water partition coefficient (Wildman–Crippen LogP) is 1.52. The van der Waals surface area contributed by atoms with E-state index >= 15 is 0 Å². The molecule has 21 heavy (non-hydrogen) atoms. The van der Waals surface area contributed by atoms with Crippen molar-refractivity contribution in [2.24, 2.45) is 0 Å². The number of nitrogens with zero attached hydrogens (tertiary/aromatic N) is 1. The fourth-order valence-corrected chi connectivity index (χ4v) is 2.13. The van der Waals surface area contributed by atoms with Crippen molar-refractivity contribution in [2.45, 2.75) is 33.5 Å². The first kappa shape index (κ1) is 15.1. The molecule has 0 saturated heterocycles. The summed E-state index contributed by atoms with van der Waals surface area (Å²) in [7, 11) is 0. The van der Waals surface area contributed by atoms with Crippen molar-refractivity contribution >= 4 is 6.03 Å². The average molecular weight is 288 g/mol. The van der Waals surface area contributed by atoms with Crippen LogP contribution >= 0.6 is 0 Å². The van der Waals surface area contributed by atoms with Gasteiger partial charge in [-0.25, -0.2) is 4.79 Å². The van der Waals surface area contributed by atoms with Crippen molar-refractivity contribution < 1.29 is 9.90 Å². The van der Waals surface area contributed by atoms with Gasteiger partial charge in [0.05, 0.1) is 12.3 Å². The quantitative estimate of drug-likeness (QED) is 0.672. The molecule has 112 valence electrons. The molecule has 1 aromatic heterocycles. The highest BCUT2D eigenvalue weighted by molar-refractivity contribution is 5.73. The maximum absolute atomic E-state index is 11.8. The Morgan fingerprint density at radius 3 is 2.48 bits per heavy atom. The molecule has 6 nitrogen and oxygen atoms in total. The van der Waals surface area contributed by atoms with Gasteiger partial charge in [0, 0.05) is 24.3 Å². The maximum Gasteiger partial charge on any atom is 0.315 e. The molecular weight excluding hydrogens is 268 g/mol. The van der Waals surface area contributed by atoms with E-state index in [1.54, 1.807) is 0 Å². The minimum atomic E-state index is -0.247. The lowest BCUT2D eigenvalue weighted by atomic mass is 10.1. The van der Waals surface area contributed by atoms with Crippen molar-refractivity contribution in [1.82, 2.24) is 20.8 Å². The van der Waals surface area contributed by atoms with E-state index in [1.807, 2.05) is 38.1 Å². The van der Waals surface area contributed by atoms with Gasteiger partial charge in [-0.05, 0) is 25.0 Å². The van der Waals surface area contributed by atoms with Crippen LogP contribution in [0.5, 0.6) is 0 Å². The second-order valence-electron chi connectivity index (χ2n) is 4.88. The molecule has 0 radical (unpaired) electrons. The number of hydrogen-bond donors (Lipinski definition) is 4. The molecule has 4 N–H and O–H groups in total. The Morgan fingerprint density at radius 2 is 1.86 bits per heavy atom. The van der Waals surface area contributed by atoms with Crippen LogP contribution in [0.15, 0.2) is 24.3 Å². The number of carbonyl (C=O) groups is 1. The van der Waals surface area contributed by atoms with Crippen LogP contribution in [0.1, 0.15) is 28.1 Å². The summed E-state index contributed by atoms with van der Waals surface area (Å²) in [6.07, 6.45) is 0. The molecule has 0 bridgehead atoms. The SMILES string of the molecule is Cc1n[nH]c(C)c1CNC(=O)NCc1ccccc1CO. The number of urea groups is 1. The van der Waals surface area contributed by atoms with Gasteiger partial charge in [0.2, 0.25) is 0 Å². The molecule has 0 spiro atoms. The molecule has 2 aromatic rings. The van der Waals surface area contributed by atoms with Crippen LogP contribution in [0, 0.1) is 13.8 Å². The van der Waals surface area contributed by atoms with Gasteiger partial charge in [-0.2, -0.15) is 5.10 Å². The highest BCUT2D eigenvalue weighted by Gasteiger charge is 2.08. The Kier molecular flexibility index (Phi) is 4.94. The number of aromatic nitrogens is 2. The average Bonchev–Trinajstić information content (AvgIpc) is 2.82. The van der Waals surface area contributed by atoms with E-state index in [-0.39, 0.29) is 12.6 Å². The van der Waals surface area contributed by atoms with E-state index in [9.17, 15) is 9.90 Å². The van der Waals surface area contributed by atoms with E-state index in [4.69, 9.17) is 0 Å². The van der Waals surface area contributed by atoms with Crippen molar-refractivity contribution in [3.8, 4) is 0 Å². The summed E-state index contributed by atoms with van der Waals surface area (Å²) >= 11 is 0. The first-order valence-electron chi connectivity index (χ1n) is 6.81. The number of H-pyrrole nitrogens is 1. The molecule has 2 amide bonds. The Hall–Kier alpha value is -2.34. The van der Waals surface area contributed by atoms with Gasteiger partial charge in [-0.3, -0.25) is 5.10 Å². The van der Waals surface area contributed by atoms with Crippen molar-refractivity contribution in [3.63, 3.8) is 0 Å². The lowest BCUT2D eigenvalue weighted by Crippen LogP contribution is -2.35. The van der Waals surface area contributed by atoms with E-state index in [0.29, 0.717) is 13.1 Å². The van der Waals surface area contributed by atoms with Gasteiger partial charge >= 0.3 is 6.03 Å². The number of amides is 2. The smallest absolute Gasteiger partial charge is 0.315 e. The number of carbonyl (C=O) groups excluding carboxylic acids is 1. The van der Waals surface area contributed by atoms with Crippen molar-refractivity contribution in [1.29, 1.82) is 0 Å². The van der Waals surface area contributed by atoms with Crippen LogP contribution in [0.4, 0.5) is 4.79 Å². The zero-order chi connectivity index (χ0) is 15.2. The molecule has 0 aliphatic carbocycles. The number of benzene rings is 1. The molecule has 0 unspecified atom stereocenters.